The maximum absolute atomic E-state index is 13.1. The second-order valence-electron chi connectivity index (χ2n) is 4.90. The van der Waals surface area contributed by atoms with Crippen LogP contribution in [0.4, 0.5) is 4.39 Å². The number of halogens is 1. The Labute approximate surface area is 104 Å². The third-order valence-corrected chi connectivity index (χ3v) is 2.97. The van der Waals surface area contributed by atoms with E-state index in [1.165, 1.54) is 5.56 Å². The number of likely N-dealkylation sites (N-methyl/N-ethyl adjacent to an activating group) is 1. The summed E-state index contributed by atoms with van der Waals surface area (Å²) in [7, 11) is 2.10. The van der Waals surface area contributed by atoms with Gasteiger partial charge in [-0.05, 0) is 57.5 Å². The van der Waals surface area contributed by atoms with Crippen molar-refractivity contribution in [3.63, 3.8) is 0 Å². The van der Waals surface area contributed by atoms with Crippen LogP contribution in [0.3, 0.4) is 0 Å². The fourth-order valence-electron chi connectivity index (χ4n) is 1.72. The van der Waals surface area contributed by atoms with Crippen LogP contribution in [-0.2, 0) is 6.42 Å². The van der Waals surface area contributed by atoms with E-state index in [1.54, 1.807) is 13.0 Å². The summed E-state index contributed by atoms with van der Waals surface area (Å²) in [5, 5.41) is 0. The maximum atomic E-state index is 13.1. The Morgan fingerprint density at radius 1 is 1.35 bits per heavy atom. The van der Waals surface area contributed by atoms with Crippen LogP contribution in [0.15, 0.2) is 18.2 Å². The third-order valence-electron chi connectivity index (χ3n) is 2.97. The molecule has 0 aliphatic carbocycles. The monoisotopic (exact) mass is 238 g/mol. The molecule has 0 saturated heterocycles. The van der Waals surface area contributed by atoms with Gasteiger partial charge in [-0.3, -0.25) is 0 Å². The van der Waals surface area contributed by atoms with Gasteiger partial charge < -0.3 is 10.6 Å². The molecule has 17 heavy (non-hydrogen) atoms. The van der Waals surface area contributed by atoms with E-state index in [4.69, 9.17) is 5.73 Å². The lowest BCUT2D eigenvalue weighted by atomic mass is 10.1. The molecule has 0 amide bonds. The smallest absolute Gasteiger partial charge is 0.126 e. The fourth-order valence-corrected chi connectivity index (χ4v) is 1.72. The van der Waals surface area contributed by atoms with Crippen LogP contribution in [0, 0.1) is 12.7 Å². The van der Waals surface area contributed by atoms with Crippen molar-refractivity contribution in [1.82, 2.24) is 4.90 Å². The summed E-state index contributed by atoms with van der Waals surface area (Å²) >= 11 is 0. The van der Waals surface area contributed by atoms with Crippen molar-refractivity contribution in [3.05, 3.63) is 35.1 Å². The van der Waals surface area contributed by atoms with Gasteiger partial charge in [0.05, 0.1) is 0 Å². The van der Waals surface area contributed by atoms with Gasteiger partial charge in [0.1, 0.15) is 5.82 Å². The van der Waals surface area contributed by atoms with Crippen molar-refractivity contribution >= 4 is 0 Å². The molecule has 2 nitrogen and oxygen atoms in total. The van der Waals surface area contributed by atoms with Gasteiger partial charge in [0, 0.05) is 12.6 Å². The number of hydrogen-bond acceptors (Lipinski definition) is 2. The molecular weight excluding hydrogens is 215 g/mol. The number of nitrogens with two attached hydrogens (primary N) is 1. The molecule has 1 unspecified atom stereocenters. The standard InChI is InChI=1S/C14H23FN2/c1-11-10-13(4-5-14(11)15)7-9-17(3)8-6-12(2)16/h4-5,10,12H,6-9,16H2,1-3H3. The molecule has 0 spiro atoms. The fraction of sp³-hybridized carbons (Fsp3) is 0.571. The van der Waals surface area contributed by atoms with E-state index in [0.717, 1.165) is 31.5 Å². The summed E-state index contributed by atoms with van der Waals surface area (Å²) in [6, 6.07) is 5.59. The first kappa shape index (κ1) is 14.1. The zero-order valence-electron chi connectivity index (χ0n) is 11.0. The SMILES string of the molecule is Cc1cc(CCN(C)CCC(C)N)ccc1F. The highest BCUT2D eigenvalue weighted by Gasteiger charge is 2.03. The molecule has 96 valence electrons. The van der Waals surface area contributed by atoms with Gasteiger partial charge in [-0.2, -0.15) is 0 Å². The van der Waals surface area contributed by atoms with Crippen molar-refractivity contribution in [2.24, 2.45) is 5.73 Å². The zero-order valence-corrected chi connectivity index (χ0v) is 11.0. The van der Waals surface area contributed by atoms with Crippen molar-refractivity contribution in [2.75, 3.05) is 20.1 Å². The average molecular weight is 238 g/mol. The molecule has 0 heterocycles. The molecule has 0 radical (unpaired) electrons. The Morgan fingerprint density at radius 2 is 2.06 bits per heavy atom. The van der Waals surface area contributed by atoms with Gasteiger partial charge in [0.2, 0.25) is 0 Å². The Morgan fingerprint density at radius 3 is 2.65 bits per heavy atom. The Hall–Kier alpha value is -0.930. The normalized spacial score (nSPS) is 13.1. The van der Waals surface area contributed by atoms with Gasteiger partial charge in [-0.25, -0.2) is 4.39 Å². The molecule has 0 aromatic heterocycles. The summed E-state index contributed by atoms with van der Waals surface area (Å²) in [6.45, 7) is 5.82. The lowest BCUT2D eigenvalue weighted by Crippen LogP contribution is -2.27. The number of aryl methyl sites for hydroxylation is 1. The maximum Gasteiger partial charge on any atom is 0.126 e. The molecule has 0 aliphatic rings. The largest absolute Gasteiger partial charge is 0.328 e. The van der Waals surface area contributed by atoms with Crippen LogP contribution in [-0.4, -0.2) is 31.1 Å². The predicted molar refractivity (Wildman–Crippen MR) is 70.6 cm³/mol. The predicted octanol–water partition coefficient (Wildman–Crippen LogP) is 2.35. The second kappa shape index (κ2) is 6.72. The Kier molecular flexibility index (Phi) is 5.59. The van der Waals surface area contributed by atoms with Crippen molar-refractivity contribution in [2.45, 2.75) is 32.7 Å². The molecular formula is C14H23FN2. The summed E-state index contributed by atoms with van der Waals surface area (Å²) < 4.78 is 13.1. The van der Waals surface area contributed by atoms with Crippen LogP contribution < -0.4 is 5.73 Å². The number of benzene rings is 1. The van der Waals surface area contributed by atoms with Gasteiger partial charge in [-0.1, -0.05) is 12.1 Å². The molecule has 3 heteroatoms. The molecule has 0 bridgehead atoms. The highest BCUT2D eigenvalue weighted by atomic mass is 19.1. The molecule has 0 aliphatic heterocycles. The molecule has 1 aromatic carbocycles. The third kappa shape index (κ3) is 5.29. The van der Waals surface area contributed by atoms with E-state index < -0.39 is 0 Å². The minimum absolute atomic E-state index is 0.126. The molecule has 0 fully saturated rings. The molecule has 2 N–H and O–H groups in total. The molecule has 1 rings (SSSR count). The highest BCUT2D eigenvalue weighted by Crippen LogP contribution is 2.10. The van der Waals surface area contributed by atoms with Gasteiger partial charge in [0.15, 0.2) is 0 Å². The van der Waals surface area contributed by atoms with Crippen LogP contribution in [0.2, 0.25) is 0 Å². The lowest BCUT2D eigenvalue weighted by molar-refractivity contribution is 0.324. The summed E-state index contributed by atoms with van der Waals surface area (Å²) in [5.74, 6) is -0.126. The van der Waals surface area contributed by atoms with E-state index >= 15 is 0 Å². The van der Waals surface area contributed by atoms with Crippen molar-refractivity contribution in [3.8, 4) is 0 Å². The second-order valence-corrected chi connectivity index (χ2v) is 4.90. The lowest BCUT2D eigenvalue weighted by Gasteiger charge is -2.17. The first-order valence-electron chi connectivity index (χ1n) is 6.18. The van der Waals surface area contributed by atoms with Crippen molar-refractivity contribution in [1.29, 1.82) is 0 Å². The van der Waals surface area contributed by atoms with Crippen LogP contribution in [0.1, 0.15) is 24.5 Å². The van der Waals surface area contributed by atoms with E-state index in [2.05, 4.69) is 11.9 Å². The number of hydrogen-bond donors (Lipinski definition) is 1. The van der Waals surface area contributed by atoms with Gasteiger partial charge in [0.25, 0.3) is 0 Å². The van der Waals surface area contributed by atoms with Crippen molar-refractivity contribution < 1.29 is 4.39 Å². The topological polar surface area (TPSA) is 29.3 Å². The first-order chi connectivity index (χ1) is 7.99. The first-order valence-corrected chi connectivity index (χ1v) is 6.18. The quantitative estimate of drug-likeness (QED) is 0.824. The van der Waals surface area contributed by atoms with E-state index in [-0.39, 0.29) is 11.9 Å². The molecule has 1 aromatic rings. The van der Waals surface area contributed by atoms with E-state index in [0.29, 0.717) is 0 Å². The van der Waals surface area contributed by atoms with Gasteiger partial charge in [-0.15, -0.1) is 0 Å². The zero-order chi connectivity index (χ0) is 12.8. The van der Waals surface area contributed by atoms with Crippen LogP contribution in [0.25, 0.3) is 0 Å². The van der Waals surface area contributed by atoms with E-state index in [9.17, 15) is 4.39 Å². The number of rotatable bonds is 6. The minimum atomic E-state index is -0.126. The minimum Gasteiger partial charge on any atom is -0.328 e. The highest BCUT2D eigenvalue weighted by molar-refractivity contribution is 5.24. The molecule has 0 saturated carbocycles. The summed E-state index contributed by atoms with van der Waals surface area (Å²) in [6.07, 6.45) is 1.97. The van der Waals surface area contributed by atoms with Crippen LogP contribution in [0.5, 0.6) is 0 Å². The number of nitrogens with zero attached hydrogens (tertiary/aromatic N) is 1. The average Bonchev–Trinajstić information content (AvgIpc) is 2.28. The summed E-state index contributed by atoms with van der Waals surface area (Å²) in [4.78, 5) is 2.27. The Balaban J connectivity index is 2.36. The van der Waals surface area contributed by atoms with Crippen LogP contribution >= 0.6 is 0 Å². The summed E-state index contributed by atoms with van der Waals surface area (Å²) in [5.41, 5.74) is 7.63. The Bertz CT molecular complexity index is 350. The molecule has 1 atom stereocenters. The van der Waals surface area contributed by atoms with Gasteiger partial charge >= 0.3 is 0 Å². The van der Waals surface area contributed by atoms with E-state index in [1.807, 2.05) is 19.1 Å².